The normalized spacial score (nSPS) is 9.93. The molecule has 14 heavy (non-hydrogen) atoms. The van der Waals surface area contributed by atoms with Crippen molar-refractivity contribution < 1.29 is 4.79 Å². The second-order valence-electron chi connectivity index (χ2n) is 2.90. The zero-order valence-corrected chi connectivity index (χ0v) is 9.68. The van der Waals surface area contributed by atoms with Gasteiger partial charge in [-0.2, -0.15) is 0 Å². The van der Waals surface area contributed by atoms with Crippen LogP contribution in [0.15, 0.2) is 16.7 Å². The minimum Gasteiger partial charge on any atom is -0.311 e. The van der Waals surface area contributed by atoms with Gasteiger partial charge in [-0.3, -0.25) is 4.79 Å². The van der Waals surface area contributed by atoms with Crippen molar-refractivity contribution in [1.29, 1.82) is 0 Å². The van der Waals surface area contributed by atoms with Crippen LogP contribution in [0.3, 0.4) is 0 Å². The van der Waals surface area contributed by atoms with E-state index in [2.05, 4.69) is 31.5 Å². The summed E-state index contributed by atoms with van der Waals surface area (Å²) < 4.78 is 0.934. The van der Waals surface area contributed by atoms with E-state index in [9.17, 15) is 4.79 Å². The van der Waals surface area contributed by atoms with Crippen molar-refractivity contribution in [2.45, 2.75) is 6.92 Å². The summed E-state index contributed by atoms with van der Waals surface area (Å²) >= 11 is 3.34. The zero-order valence-electron chi connectivity index (χ0n) is 8.10. The van der Waals surface area contributed by atoms with Gasteiger partial charge in [0.2, 0.25) is 5.91 Å². The van der Waals surface area contributed by atoms with Crippen LogP contribution in [0.5, 0.6) is 0 Å². The average molecular weight is 258 g/mol. The van der Waals surface area contributed by atoms with Crippen molar-refractivity contribution in [3.8, 4) is 0 Å². The Balaban J connectivity index is 2.68. The summed E-state index contributed by atoms with van der Waals surface area (Å²) in [4.78, 5) is 15.2. The Morgan fingerprint density at radius 1 is 1.64 bits per heavy atom. The summed E-state index contributed by atoms with van der Waals surface area (Å²) in [6.07, 6.45) is 1.67. The molecule has 0 saturated carbocycles. The van der Waals surface area contributed by atoms with Crippen LogP contribution in [-0.2, 0) is 4.79 Å². The summed E-state index contributed by atoms with van der Waals surface area (Å²) in [6, 6.07) is 1.82. The monoisotopic (exact) mass is 257 g/mol. The molecule has 0 atom stereocenters. The topological polar surface area (TPSA) is 54.0 Å². The molecule has 4 nitrogen and oxygen atoms in total. The largest absolute Gasteiger partial charge is 0.311 e. The molecule has 0 aliphatic carbocycles. The molecule has 0 aliphatic rings. The summed E-state index contributed by atoms with van der Waals surface area (Å²) in [5, 5.41) is 5.44. The van der Waals surface area contributed by atoms with Gasteiger partial charge in [0.05, 0.1) is 6.54 Å². The lowest BCUT2D eigenvalue weighted by Gasteiger charge is -2.05. The summed E-state index contributed by atoms with van der Waals surface area (Å²) in [6.45, 7) is 2.23. The molecular weight excluding hydrogens is 246 g/mol. The van der Waals surface area contributed by atoms with E-state index in [0.29, 0.717) is 5.82 Å². The Morgan fingerprint density at radius 2 is 2.36 bits per heavy atom. The van der Waals surface area contributed by atoms with Crippen LogP contribution >= 0.6 is 15.9 Å². The van der Waals surface area contributed by atoms with E-state index in [-0.39, 0.29) is 12.5 Å². The van der Waals surface area contributed by atoms with Gasteiger partial charge in [0.1, 0.15) is 5.82 Å². The van der Waals surface area contributed by atoms with Gasteiger partial charge in [0, 0.05) is 10.7 Å². The van der Waals surface area contributed by atoms with Crippen molar-refractivity contribution in [1.82, 2.24) is 10.3 Å². The number of likely N-dealkylation sites (N-methyl/N-ethyl adjacent to an activating group) is 1. The van der Waals surface area contributed by atoms with Gasteiger partial charge in [-0.1, -0.05) is 0 Å². The number of aromatic nitrogens is 1. The summed E-state index contributed by atoms with van der Waals surface area (Å²) in [5.41, 5.74) is 1.04. The van der Waals surface area contributed by atoms with Crippen LogP contribution in [-0.4, -0.2) is 24.5 Å². The highest BCUT2D eigenvalue weighted by molar-refractivity contribution is 9.10. The second kappa shape index (κ2) is 5.07. The number of hydrogen-bond donors (Lipinski definition) is 2. The molecule has 0 radical (unpaired) electrons. The molecule has 2 N–H and O–H groups in total. The molecule has 1 rings (SSSR count). The lowest BCUT2D eigenvalue weighted by atomic mass is 10.3. The molecule has 0 aliphatic heterocycles. The van der Waals surface area contributed by atoms with Crippen LogP contribution in [0, 0.1) is 6.92 Å². The summed E-state index contributed by atoms with van der Waals surface area (Å²) in [7, 11) is 1.72. The number of carbonyl (C=O) groups is 1. The molecule has 0 spiro atoms. The molecule has 1 aromatic rings. The van der Waals surface area contributed by atoms with Gasteiger partial charge in [-0.05, 0) is 41.5 Å². The number of amides is 1. The lowest BCUT2D eigenvalue weighted by Crippen LogP contribution is -2.25. The minimum absolute atomic E-state index is 0.0956. The highest BCUT2D eigenvalue weighted by Gasteiger charge is 2.02. The Bertz CT molecular complexity index is 341. The Morgan fingerprint density at radius 3 is 2.93 bits per heavy atom. The van der Waals surface area contributed by atoms with Crippen LogP contribution in [0.1, 0.15) is 5.56 Å². The molecule has 0 bridgehead atoms. The summed E-state index contributed by atoms with van der Waals surface area (Å²) in [5.74, 6) is 0.479. The maximum Gasteiger partial charge on any atom is 0.239 e. The fraction of sp³-hybridized carbons (Fsp3) is 0.333. The van der Waals surface area contributed by atoms with E-state index in [1.807, 2.05) is 13.0 Å². The number of anilines is 1. The van der Waals surface area contributed by atoms with Crippen LogP contribution < -0.4 is 10.6 Å². The van der Waals surface area contributed by atoms with Crippen molar-refractivity contribution in [2.75, 3.05) is 18.9 Å². The quantitative estimate of drug-likeness (QED) is 0.859. The van der Waals surface area contributed by atoms with Crippen molar-refractivity contribution in [3.05, 3.63) is 22.3 Å². The van der Waals surface area contributed by atoms with E-state index in [0.717, 1.165) is 10.0 Å². The first kappa shape index (κ1) is 11.1. The minimum atomic E-state index is -0.0956. The van der Waals surface area contributed by atoms with E-state index in [4.69, 9.17) is 0 Å². The molecule has 1 aromatic heterocycles. The number of aryl methyl sites for hydroxylation is 1. The number of nitrogens with zero attached hydrogens (tertiary/aromatic N) is 1. The molecule has 1 amide bonds. The van der Waals surface area contributed by atoms with Gasteiger partial charge in [0.25, 0.3) is 0 Å². The van der Waals surface area contributed by atoms with Crippen molar-refractivity contribution in [2.24, 2.45) is 0 Å². The molecule has 5 heteroatoms. The Kier molecular flexibility index (Phi) is 4.03. The lowest BCUT2D eigenvalue weighted by molar-refractivity contribution is -0.115. The van der Waals surface area contributed by atoms with Gasteiger partial charge in [-0.25, -0.2) is 4.98 Å². The number of carbonyl (C=O) groups excluding carboxylic acids is 1. The molecule has 0 unspecified atom stereocenters. The average Bonchev–Trinajstić information content (AvgIpc) is 2.12. The predicted octanol–water partition coefficient (Wildman–Crippen LogP) is 1.31. The molecule has 1 heterocycles. The predicted molar refractivity (Wildman–Crippen MR) is 59.2 cm³/mol. The maximum absolute atomic E-state index is 11.2. The Labute approximate surface area is 91.2 Å². The number of pyridine rings is 1. The highest BCUT2D eigenvalue weighted by Crippen LogP contribution is 2.16. The highest BCUT2D eigenvalue weighted by atomic mass is 79.9. The zero-order chi connectivity index (χ0) is 10.6. The van der Waals surface area contributed by atoms with Gasteiger partial charge in [0.15, 0.2) is 0 Å². The van der Waals surface area contributed by atoms with Crippen LogP contribution in [0.2, 0.25) is 0 Å². The third-order valence-electron chi connectivity index (χ3n) is 1.65. The number of nitrogens with one attached hydrogen (secondary N) is 2. The third kappa shape index (κ3) is 3.08. The van der Waals surface area contributed by atoms with Gasteiger partial charge in [-0.15, -0.1) is 0 Å². The van der Waals surface area contributed by atoms with Crippen LogP contribution in [0.25, 0.3) is 0 Å². The van der Waals surface area contributed by atoms with Crippen molar-refractivity contribution >= 4 is 27.7 Å². The first-order valence-corrected chi connectivity index (χ1v) is 4.99. The molecule has 0 saturated heterocycles. The van der Waals surface area contributed by atoms with E-state index in [1.165, 1.54) is 0 Å². The first-order chi connectivity index (χ1) is 6.63. The molecule has 0 fully saturated rings. The van der Waals surface area contributed by atoms with Gasteiger partial charge < -0.3 is 10.6 Å². The molecular formula is C9H12BrN3O. The number of hydrogen-bond acceptors (Lipinski definition) is 3. The maximum atomic E-state index is 11.2. The SMILES string of the molecule is CNCC(=O)Nc1cc(C)c(Br)cn1. The third-order valence-corrected chi connectivity index (χ3v) is 2.48. The first-order valence-electron chi connectivity index (χ1n) is 4.20. The number of halogens is 1. The van der Waals surface area contributed by atoms with E-state index in [1.54, 1.807) is 13.2 Å². The second-order valence-corrected chi connectivity index (χ2v) is 3.75. The van der Waals surface area contributed by atoms with E-state index >= 15 is 0 Å². The standard InChI is InChI=1S/C9H12BrN3O/c1-6-3-8(12-4-7(6)10)13-9(14)5-11-2/h3-4,11H,5H2,1-2H3,(H,12,13,14). The number of rotatable bonds is 3. The smallest absolute Gasteiger partial charge is 0.239 e. The van der Waals surface area contributed by atoms with Gasteiger partial charge >= 0.3 is 0 Å². The molecule has 0 aromatic carbocycles. The van der Waals surface area contributed by atoms with E-state index < -0.39 is 0 Å². The fourth-order valence-electron chi connectivity index (χ4n) is 0.955. The Hall–Kier alpha value is -0.940. The van der Waals surface area contributed by atoms with Crippen molar-refractivity contribution in [3.63, 3.8) is 0 Å². The molecule has 76 valence electrons. The fourth-order valence-corrected chi connectivity index (χ4v) is 1.17. The van der Waals surface area contributed by atoms with Crippen LogP contribution in [0.4, 0.5) is 5.82 Å².